The number of nitrogens with zero attached hydrogens (tertiary/aromatic N) is 1. The fraction of sp³-hybridized carbons (Fsp3) is 0.136. The van der Waals surface area contributed by atoms with E-state index in [0.717, 1.165) is 0 Å². The smallest absolute Gasteiger partial charge is 0.307 e. The van der Waals surface area contributed by atoms with Gasteiger partial charge in [0.05, 0.1) is 19.2 Å². The minimum Gasteiger partial charge on any atom is -0.497 e. The van der Waals surface area contributed by atoms with Gasteiger partial charge in [-0.2, -0.15) is 0 Å². The number of methoxy groups -OCH3 is 1. The quantitative estimate of drug-likeness (QED) is 0.552. The number of benzene rings is 2. The molecule has 4 N–H and O–H groups in total. The molecule has 0 saturated heterocycles. The molecule has 3 aromatic rings. The van der Waals surface area contributed by atoms with E-state index in [1.807, 2.05) is 0 Å². The summed E-state index contributed by atoms with van der Waals surface area (Å²) in [4.78, 5) is 28.2. The molecule has 0 aliphatic rings. The molecule has 7 nitrogen and oxygen atoms in total. The summed E-state index contributed by atoms with van der Waals surface area (Å²) >= 11 is 0. The van der Waals surface area contributed by atoms with Gasteiger partial charge in [-0.25, -0.2) is 9.37 Å². The van der Waals surface area contributed by atoms with Gasteiger partial charge in [0.2, 0.25) is 0 Å². The Morgan fingerprint density at radius 3 is 2.67 bits per heavy atom. The van der Waals surface area contributed by atoms with Crippen molar-refractivity contribution in [2.24, 2.45) is 5.73 Å². The number of ether oxygens (including phenoxy) is 1. The zero-order chi connectivity index (χ0) is 21.7. The number of hydrogen-bond acceptors (Lipinski definition) is 5. The van der Waals surface area contributed by atoms with Crippen LogP contribution in [-0.2, 0) is 17.8 Å². The number of carboxylic acid groups (broad SMARTS) is 1. The van der Waals surface area contributed by atoms with E-state index in [2.05, 4.69) is 10.3 Å². The molecule has 1 heterocycles. The molecular formula is C22H20FN3O4. The van der Waals surface area contributed by atoms with Crippen molar-refractivity contribution in [2.45, 2.75) is 13.0 Å². The third-order valence-electron chi connectivity index (χ3n) is 4.38. The van der Waals surface area contributed by atoms with Crippen LogP contribution in [0.25, 0.3) is 11.3 Å². The maximum Gasteiger partial charge on any atom is 0.307 e. The predicted molar refractivity (Wildman–Crippen MR) is 110 cm³/mol. The highest BCUT2D eigenvalue weighted by molar-refractivity contribution is 6.04. The number of nitrogens with one attached hydrogen (secondary N) is 1. The minimum atomic E-state index is -1.03. The Bertz CT molecular complexity index is 1100. The van der Waals surface area contributed by atoms with Crippen molar-refractivity contribution in [1.29, 1.82) is 0 Å². The Balaban J connectivity index is 1.91. The van der Waals surface area contributed by atoms with Crippen LogP contribution in [0.3, 0.4) is 0 Å². The number of hydrogen-bond donors (Lipinski definition) is 3. The first-order valence-corrected chi connectivity index (χ1v) is 9.06. The molecule has 1 aromatic heterocycles. The van der Waals surface area contributed by atoms with Crippen molar-refractivity contribution in [3.05, 3.63) is 77.2 Å². The fourth-order valence-corrected chi connectivity index (χ4v) is 2.94. The van der Waals surface area contributed by atoms with Crippen LogP contribution in [0.5, 0.6) is 5.75 Å². The van der Waals surface area contributed by atoms with Crippen molar-refractivity contribution >= 4 is 17.6 Å². The summed E-state index contributed by atoms with van der Waals surface area (Å²) in [6.45, 7) is 0.174. The molecule has 8 heteroatoms. The minimum absolute atomic E-state index is 0.0927. The first-order valence-electron chi connectivity index (χ1n) is 9.06. The van der Waals surface area contributed by atoms with E-state index < -0.39 is 17.7 Å². The monoisotopic (exact) mass is 409 g/mol. The Hall–Kier alpha value is -3.78. The highest BCUT2D eigenvalue weighted by atomic mass is 19.1. The number of pyridine rings is 1. The number of amides is 1. The lowest BCUT2D eigenvalue weighted by Crippen LogP contribution is -2.16. The molecule has 1 amide bonds. The van der Waals surface area contributed by atoms with E-state index in [0.29, 0.717) is 33.8 Å². The summed E-state index contributed by atoms with van der Waals surface area (Å²) in [7, 11) is 1.47. The fourth-order valence-electron chi connectivity index (χ4n) is 2.94. The molecule has 0 aliphatic heterocycles. The topological polar surface area (TPSA) is 115 Å². The highest BCUT2D eigenvalue weighted by Gasteiger charge is 2.15. The second-order valence-corrected chi connectivity index (χ2v) is 6.51. The Morgan fingerprint density at radius 1 is 1.17 bits per heavy atom. The first kappa shape index (κ1) is 20.9. The number of halogens is 1. The summed E-state index contributed by atoms with van der Waals surface area (Å²) in [6.07, 6.45) is -0.266. The number of carbonyl (C=O) groups excluding carboxylic acids is 1. The van der Waals surface area contributed by atoms with Crippen LogP contribution in [0.2, 0.25) is 0 Å². The van der Waals surface area contributed by atoms with E-state index in [9.17, 15) is 14.0 Å². The number of nitrogens with two attached hydrogens (primary N) is 1. The van der Waals surface area contributed by atoms with Crippen LogP contribution in [-0.4, -0.2) is 29.1 Å². The predicted octanol–water partition coefficient (Wildman–Crippen LogP) is 3.23. The van der Waals surface area contributed by atoms with Crippen LogP contribution in [0.15, 0.2) is 54.6 Å². The second-order valence-electron chi connectivity index (χ2n) is 6.51. The van der Waals surface area contributed by atoms with E-state index in [1.165, 1.54) is 25.3 Å². The average molecular weight is 409 g/mol. The van der Waals surface area contributed by atoms with Gasteiger partial charge in [0.15, 0.2) is 0 Å². The highest BCUT2D eigenvalue weighted by Crippen LogP contribution is 2.25. The second kappa shape index (κ2) is 9.15. The lowest BCUT2D eigenvalue weighted by Gasteiger charge is -2.12. The Morgan fingerprint density at radius 2 is 1.97 bits per heavy atom. The van der Waals surface area contributed by atoms with Crippen molar-refractivity contribution < 1.29 is 23.8 Å². The molecular weight excluding hydrogens is 389 g/mol. The number of anilines is 1. The molecule has 0 atom stereocenters. The van der Waals surface area contributed by atoms with Crippen molar-refractivity contribution in [1.82, 2.24) is 4.98 Å². The van der Waals surface area contributed by atoms with Gasteiger partial charge in [-0.3, -0.25) is 9.59 Å². The zero-order valence-electron chi connectivity index (χ0n) is 16.2. The summed E-state index contributed by atoms with van der Waals surface area (Å²) in [6, 6.07) is 13.9. The number of aromatic nitrogens is 1. The lowest BCUT2D eigenvalue weighted by molar-refractivity contribution is -0.136. The molecule has 3 rings (SSSR count). The number of aliphatic carboxylic acids is 1. The maximum atomic E-state index is 13.8. The number of rotatable bonds is 7. The van der Waals surface area contributed by atoms with Crippen LogP contribution in [0.1, 0.15) is 21.6 Å². The van der Waals surface area contributed by atoms with Crippen molar-refractivity contribution in [2.75, 3.05) is 12.4 Å². The van der Waals surface area contributed by atoms with Gasteiger partial charge >= 0.3 is 5.97 Å². The van der Waals surface area contributed by atoms with Gasteiger partial charge in [0.25, 0.3) is 5.91 Å². The summed E-state index contributed by atoms with van der Waals surface area (Å²) in [5, 5.41) is 11.8. The molecule has 0 unspecified atom stereocenters. The number of carbonyl (C=O) groups is 2. The lowest BCUT2D eigenvalue weighted by atomic mass is 10.1. The molecule has 0 spiro atoms. The summed E-state index contributed by atoms with van der Waals surface area (Å²) < 4.78 is 19.0. The molecule has 2 aromatic carbocycles. The number of carboxylic acids is 1. The van der Waals surface area contributed by atoms with Crippen LogP contribution >= 0.6 is 0 Å². The van der Waals surface area contributed by atoms with Crippen LogP contribution < -0.4 is 15.8 Å². The molecule has 0 aliphatic carbocycles. The molecule has 30 heavy (non-hydrogen) atoms. The Labute approximate surface area is 172 Å². The SMILES string of the molecule is COc1ccc(CC(=O)O)c(NC(=O)c2cccc(-c3cc(F)cc(CN)c3)n2)c1. The van der Waals surface area contributed by atoms with Gasteiger partial charge in [-0.05, 0) is 47.5 Å². The average Bonchev–Trinajstić information content (AvgIpc) is 2.74. The largest absolute Gasteiger partial charge is 0.497 e. The standard InChI is InChI=1S/C22H20FN3O4/c1-30-17-6-5-14(10-21(27)28)20(11-17)26-22(29)19-4-2-3-18(25-19)15-7-13(12-24)8-16(23)9-15/h2-9,11H,10,12,24H2,1H3,(H,26,29)(H,27,28). The van der Waals surface area contributed by atoms with Gasteiger partial charge in [-0.15, -0.1) is 0 Å². The summed E-state index contributed by atoms with van der Waals surface area (Å²) in [5.74, 6) is -1.54. The zero-order valence-corrected chi connectivity index (χ0v) is 16.2. The maximum absolute atomic E-state index is 13.8. The van der Waals surface area contributed by atoms with Crippen LogP contribution in [0, 0.1) is 5.82 Å². The first-order chi connectivity index (χ1) is 14.4. The van der Waals surface area contributed by atoms with E-state index in [-0.39, 0.29) is 18.7 Å². The molecule has 0 radical (unpaired) electrons. The molecule has 154 valence electrons. The third kappa shape index (κ3) is 4.98. The molecule has 0 fully saturated rings. The van der Waals surface area contributed by atoms with Gasteiger partial charge in [-0.1, -0.05) is 12.1 Å². The van der Waals surface area contributed by atoms with E-state index in [4.69, 9.17) is 15.6 Å². The van der Waals surface area contributed by atoms with Crippen molar-refractivity contribution in [3.8, 4) is 17.0 Å². The van der Waals surface area contributed by atoms with E-state index >= 15 is 0 Å². The Kier molecular flexibility index (Phi) is 6.38. The van der Waals surface area contributed by atoms with Crippen LogP contribution in [0.4, 0.5) is 10.1 Å². The molecule has 0 saturated carbocycles. The third-order valence-corrected chi connectivity index (χ3v) is 4.38. The normalized spacial score (nSPS) is 10.5. The van der Waals surface area contributed by atoms with Gasteiger partial charge < -0.3 is 20.9 Å². The molecule has 0 bridgehead atoms. The van der Waals surface area contributed by atoms with Gasteiger partial charge in [0, 0.05) is 23.9 Å². The summed E-state index contributed by atoms with van der Waals surface area (Å²) in [5.41, 5.74) is 7.94. The van der Waals surface area contributed by atoms with Gasteiger partial charge in [0.1, 0.15) is 17.3 Å². The van der Waals surface area contributed by atoms with E-state index in [1.54, 1.807) is 36.4 Å². The van der Waals surface area contributed by atoms with Crippen molar-refractivity contribution in [3.63, 3.8) is 0 Å².